The molecule has 1 aromatic carbocycles. The predicted octanol–water partition coefficient (Wildman–Crippen LogP) is 3.26. The standard InChI is InChI=1S/C12H9ClF2N2O/c13-9-6-17-12(3-7(9)5-16)18-11-2-1-8(14)4-10(11)15/h1-4,6H,5,16H2. The number of ether oxygens (including phenoxy) is 1. The van der Waals surface area contributed by atoms with E-state index in [4.69, 9.17) is 22.1 Å². The largest absolute Gasteiger partial charge is 0.436 e. The maximum atomic E-state index is 13.4. The second kappa shape index (κ2) is 5.29. The Labute approximate surface area is 107 Å². The summed E-state index contributed by atoms with van der Waals surface area (Å²) in [6, 6.07) is 4.52. The van der Waals surface area contributed by atoms with E-state index in [0.29, 0.717) is 10.6 Å². The Morgan fingerprint density at radius 2 is 2.06 bits per heavy atom. The number of benzene rings is 1. The molecular weight excluding hydrogens is 262 g/mol. The van der Waals surface area contributed by atoms with Crippen LogP contribution in [-0.4, -0.2) is 4.98 Å². The van der Waals surface area contributed by atoms with Gasteiger partial charge in [-0.05, 0) is 17.7 Å². The predicted molar refractivity (Wildman–Crippen MR) is 63.6 cm³/mol. The van der Waals surface area contributed by atoms with E-state index in [1.807, 2.05) is 0 Å². The van der Waals surface area contributed by atoms with Crippen molar-refractivity contribution in [2.45, 2.75) is 6.54 Å². The van der Waals surface area contributed by atoms with Crippen LogP contribution in [0, 0.1) is 11.6 Å². The molecule has 1 aromatic heterocycles. The second-order valence-corrected chi connectivity index (χ2v) is 3.90. The molecule has 2 N–H and O–H groups in total. The molecule has 2 aromatic rings. The van der Waals surface area contributed by atoms with Crippen LogP contribution in [0.4, 0.5) is 8.78 Å². The topological polar surface area (TPSA) is 48.1 Å². The van der Waals surface area contributed by atoms with Crippen molar-refractivity contribution in [1.29, 1.82) is 0 Å². The van der Waals surface area contributed by atoms with Gasteiger partial charge in [-0.2, -0.15) is 0 Å². The van der Waals surface area contributed by atoms with Crippen LogP contribution in [-0.2, 0) is 6.54 Å². The summed E-state index contributed by atoms with van der Waals surface area (Å²) < 4.78 is 31.3. The molecule has 0 unspecified atom stereocenters. The van der Waals surface area contributed by atoms with Gasteiger partial charge in [-0.3, -0.25) is 0 Å². The van der Waals surface area contributed by atoms with Gasteiger partial charge in [-0.1, -0.05) is 11.6 Å². The summed E-state index contributed by atoms with van der Waals surface area (Å²) in [5.41, 5.74) is 6.10. The minimum absolute atomic E-state index is 0.116. The molecule has 0 aliphatic carbocycles. The first-order valence-electron chi connectivity index (χ1n) is 5.07. The molecule has 0 saturated carbocycles. The smallest absolute Gasteiger partial charge is 0.219 e. The molecule has 94 valence electrons. The van der Waals surface area contributed by atoms with Crippen molar-refractivity contribution in [3.8, 4) is 11.6 Å². The summed E-state index contributed by atoms with van der Waals surface area (Å²) in [5, 5.41) is 0.407. The Hall–Kier alpha value is -1.72. The first kappa shape index (κ1) is 12.7. The normalized spacial score (nSPS) is 10.4. The molecule has 6 heteroatoms. The fraction of sp³-hybridized carbons (Fsp3) is 0.0833. The molecule has 18 heavy (non-hydrogen) atoms. The van der Waals surface area contributed by atoms with E-state index < -0.39 is 11.6 Å². The quantitative estimate of drug-likeness (QED) is 0.931. The summed E-state index contributed by atoms with van der Waals surface area (Å²) in [7, 11) is 0. The maximum absolute atomic E-state index is 13.4. The van der Waals surface area contributed by atoms with E-state index in [1.54, 1.807) is 0 Å². The first-order valence-corrected chi connectivity index (χ1v) is 5.45. The Bertz CT molecular complexity index is 578. The Morgan fingerprint density at radius 1 is 1.28 bits per heavy atom. The molecule has 0 radical (unpaired) electrons. The van der Waals surface area contributed by atoms with Gasteiger partial charge < -0.3 is 10.5 Å². The maximum Gasteiger partial charge on any atom is 0.219 e. The van der Waals surface area contributed by atoms with Crippen molar-refractivity contribution in [1.82, 2.24) is 4.98 Å². The third-order valence-electron chi connectivity index (χ3n) is 2.24. The zero-order valence-electron chi connectivity index (χ0n) is 9.16. The van der Waals surface area contributed by atoms with Gasteiger partial charge in [-0.25, -0.2) is 13.8 Å². The van der Waals surface area contributed by atoms with Gasteiger partial charge in [0.05, 0.1) is 5.02 Å². The second-order valence-electron chi connectivity index (χ2n) is 3.49. The van der Waals surface area contributed by atoms with Crippen molar-refractivity contribution in [2.24, 2.45) is 5.73 Å². The highest BCUT2D eigenvalue weighted by atomic mass is 35.5. The van der Waals surface area contributed by atoms with Gasteiger partial charge in [-0.15, -0.1) is 0 Å². The highest BCUT2D eigenvalue weighted by molar-refractivity contribution is 6.31. The molecule has 1 heterocycles. The molecule has 0 aliphatic rings. The average molecular weight is 271 g/mol. The zero-order valence-corrected chi connectivity index (χ0v) is 9.92. The lowest BCUT2D eigenvalue weighted by atomic mass is 10.2. The van der Waals surface area contributed by atoms with Gasteiger partial charge in [0.25, 0.3) is 0 Å². The summed E-state index contributed by atoms with van der Waals surface area (Å²) in [4.78, 5) is 3.88. The number of nitrogens with zero attached hydrogens (tertiary/aromatic N) is 1. The third kappa shape index (κ3) is 2.75. The average Bonchev–Trinajstić information content (AvgIpc) is 2.35. The van der Waals surface area contributed by atoms with Crippen LogP contribution >= 0.6 is 11.6 Å². The lowest BCUT2D eigenvalue weighted by Crippen LogP contribution is -1.99. The number of rotatable bonds is 3. The monoisotopic (exact) mass is 270 g/mol. The SMILES string of the molecule is NCc1cc(Oc2ccc(F)cc2F)ncc1Cl. The zero-order chi connectivity index (χ0) is 13.1. The number of hydrogen-bond acceptors (Lipinski definition) is 3. The highest BCUT2D eigenvalue weighted by Gasteiger charge is 2.08. The van der Waals surface area contributed by atoms with E-state index in [-0.39, 0.29) is 18.2 Å². The third-order valence-corrected chi connectivity index (χ3v) is 2.58. The summed E-state index contributed by atoms with van der Waals surface area (Å²) in [5.74, 6) is -1.45. The molecule has 0 aliphatic heterocycles. The Balaban J connectivity index is 2.28. The molecule has 0 fully saturated rings. The number of pyridine rings is 1. The van der Waals surface area contributed by atoms with Crippen LogP contribution in [0.1, 0.15) is 5.56 Å². The number of halogens is 3. The number of aromatic nitrogens is 1. The minimum atomic E-state index is -0.805. The van der Waals surface area contributed by atoms with Crippen molar-refractivity contribution >= 4 is 11.6 Å². The van der Waals surface area contributed by atoms with E-state index in [0.717, 1.165) is 12.1 Å². The lowest BCUT2D eigenvalue weighted by molar-refractivity contribution is 0.423. The van der Waals surface area contributed by atoms with Crippen LogP contribution in [0.2, 0.25) is 5.02 Å². The van der Waals surface area contributed by atoms with Gasteiger partial charge in [0, 0.05) is 24.9 Å². The molecule has 0 atom stereocenters. The molecule has 0 saturated heterocycles. The number of hydrogen-bond donors (Lipinski definition) is 1. The minimum Gasteiger partial charge on any atom is -0.436 e. The van der Waals surface area contributed by atoms with Crippen LogP contribution in [0.5, 0.6) is 11.6 Å². The summed E-state index contributed by atoms with van der Waals surface area (Å²) >= 11 is 5.83. The van der Waals surface area contributed by atoms with E-state index in [1.165, 1.54) is 18.3 Å². The van der Waals surface area contributed by atoms with E-state index >= 15 is 0 Å². The lowest BCUT2D eigenvalue weighted by Gasteiger charge is -2.07. The van der Waals surface area contributed by atoms with E-state index in [9.17, 15) is 8.78 Å². The van der Waals surface area contributed by atoms with Crippen molar-refractivity contribution < 1.29 is 13.5 Å². The first-order chi connectivity index (χ1) is 8.60. The Morgan fingerprint density at radius 3 is 2.72 bits per heavy atom. The molecule has 0 spiro atoms. The molecule has 3 nitrogen and oxygen atoms in total. The van der Waals surface area contributed by atoms with Gasteiger partial charge >= 0.3 is 0 Å². The van der Waals surface area contributed by atoms with Crippen LogP contribution in [0.25, 0.3) is 0 Å². The summed E-state index contributed by atoms with van der Waals surface area (Å²) in [6.07, 6.45) is 1.36. The van der Waals surface area contributed by atoms with Crippen LogP contribution in [0.3, 0.4) is 0 Å². The fourth-order valence-corrected chi connectivity index (χ4v) is 1.52. The van der Waals surface area contributed by atoms with Crippen LogP contribution < -0.4 is 10.5 Å². The van der Waals surface area contributed by atoms with Crippen LogP contribution in [0.15, 0.2) is 30.5 Å². The summed E-state index contributed by atoms with van der Waals surface area (Å²) in [6.45, 7) is 0.212. The number of nitrogens with two attached hydrogens (primary N) is 1. The van der Waals surface area contributed by atoms with Gasteiger partial charge in [0.15, 0.2) is 11.6 Å². The molecule has 0 bridgehead atoms. The highest BCUT2D eigenvalue weighted by Crippen LogP contribution is 2.26. The fourth-order valence-electron chi connectivity index (χ4n) is 1.34. The van der Waals surface area contributed by atoms with Crippen molar-refractivity contribution in [3.63, 3.8) is 0 Å². The molecule has 0 amide bonds. The van der Waals surface area contributed by atoms with Crippen molar-refractivity contribution in [3.05, 3.63) is 52.7 Å². The molecular formula is C12H9ClF2N2O. The van der Waals surface area contributed by atoms with Crippen molar-refractivity contribution in [2.75, 3.05) is 0 Å². The van der Waals surface area contributed by atoms with Gasteiger partial charge in [0.2, 0.25) is 5.88 Å². The molecule has 2 rings (SSSR count). The Kier molecular flexibility index (Phi) is 3.74. The van der Waals surface area contributed by atoms with Gasteiger partial charge in [0.1, 0.15) is 5.82 Å². The van der Waals surface area contributed by atoms with E-state index in [2.05, 4.69) is 4.98 Å².